The fourth-order valence-electron chi connectivity index (χ4n) is 1.16. The van der Waals surface area contributed by atoms with Crippen LogP contribution in [-0.4, -0.2) is 18.4 Å². The van der Waals surface area contributed by atoms with Crippen LogP contribution < -0.4 is 16.8 Å². The molecule has 0 bridgehead atoms. The summed E-state index contributed by atoms with van der Waals surface area (Å²) in [6.07, 6.45) is 0. The summed E-state index contributed by atoms with van der Waals surface area (Å²) in [5, 5.41) is 2.35. The summed E-state index contributed by atoms with van der Waals surface area (Å²) in [6.45, 7) is -0.213. The molecule has 0 atom stereocenters. The first-order valence-corrected chi connectivity index (χ1v) is 5.09. The molecule has 0 spiro atoms. The fraction of sp³-hybridized carbons (Fsp3) is 0.200. The van der Waals surface area contributed by atoms with Crippen LogP contribution in [-0.2, 0) is 10.7 Å². The lowest BCUT2D eigenvalue weighted by atomic mass is 10.1. The van der Waals surface area contributed by atoms with Gasteiger partial charge in [0.25, 0.3) is 5.91 Å². The maximum Gasteiger partial charge on any atom is 0.253 e. The molecule has 0 radical (unpaired) electrons. The third kappa shape index (κ3) is 3.13. The van der Waals surface area contributed by atoms with Crippen molar-refractivity contribution >= 4 is 29.1 Å². The van der Waals surface area contributed by atoms with Gasteiger partial charge in [-0.2, -0.15) is 0 Å². The third-order valence-electron chi connectivity index (χ3n) is 1.94. The van der Waals surface area contributed by atoms with Crippen molar-refractivity contribution < 1.29 is 9.59 Å². The second-order valence-electron chi connectivity index (χ2n) is 3.20. The Labute approximate surface area is 97.7 Å². The first kappa shape index (κ1) is 12.3. The number of alkyl halides is 1. The Morgan fingerprint density at radius 2 is 2.06 bits per heavy atom. The van der Waals surface area contributed by atoms with Crippen LogP contribution in [0.2, 0.25) is 0 Å². The molecule has 1 aromatic carbocycles. The monoisotopic (exact) mass is 241 g/mol. The number of benzene rings is 1. The predicted molar refractivity (Wildman–Crippen MR) is 61.9 cm³/mol. The highest BCUT2D eigenvalue weighted by Gasteiger charge is 2.10. The minimum atomic E-state index is -0.607. The van der Waals surface area contributed by atoms with Crippen molar-refractivity contribution in [2.75, 3.05) is 12.3 Å². The maximum atomic E-state index is 11.5. The van der Waals surface area contributed by atoms with E-state index in [0.29, 0.717) is 17.1 Å². The fourth-order valence-corrected chi connectivity index (χ4v) is 1.33. The van der Waals surface area contributed by atoms with Crippen LogP contribution in [0, 0.1) is 0 Å². The van der Waals surface area contributed by atoms with Crippen molar-refractivity contribution in [2.45, 2.75) is 5.88 Å². The Kier molecular flexibility index (Phi) is 4.13. The number of hydrogen-bond acceptors (Lipinski definition) is 3. The van der Waals surface area contributed by atoms with Crippen molar-refractivity contribution in [2.24, 2.45) is 5.73 Å². The van der Waals surface area contributed by atoms with E-state index in [1.54, 1.807) is 18.2 Å². The minimum Gasteiger partial charge on any atom is -0.398 e. The summed E-state index contributed by atoms with van der Waals surface area (Å²) in [7, 11) is 0. The molecule has 2 amide bonds. The SMILES string of the molecule is NC(=O)CNC(=O)c1ccc(CCl)cc1N. The molecule has 0 heterocycles. The lowest BCUT2D eigenvalue weighted by Crippen LogP contribution is -2.33. The van der Waals surface area contributed by atoms with Gasteiger partial charge in [-0.3, -0.25) is 9.59 Å². The van der Waals surface area contributed by atoms with Gasteiger partial charge in [0.05, 0.1) is 12.1 Å². The van der Waals surface area contributed by atoms with Gasteiger partial charge in [0.15, 0.2) is 0 Å². The van der Waals surface area contributed by atoms with Crippen LogP contribution in [0.25, 0.3) is 0 Å². The average Bonchev–Trinajstić information content (AvgIpc) is 2.25. The molecule has 0 aliphatic rings. The number of hydrogen-bond donors (Lipinski definition) is 3. The molecule has 1 rings (SSSR count). The van der Waals surface area contributed by atoms with E-state index in [1.807, 2.05) is 0 Å². The van der Waals surface area contributed by atoms with Gasteiger partial charge < -0.3 is 16.8 Å². The quantitative estimate of drug-likeness (QED) is 0.520. The van der Waals surface area contributed by atoms with Crippen LogP contribution in [0.3, 0.4) is 0 Å². The zero-order chi connectivity index (χ0) is 12.1. The molecule has 0 saturated carbocycles. The van der Waals surface area contributed by atoms with Crippen molar-refractivity contribution in [3.63, 3.8) is 0 Å². The van der Waals surface area contributed by atoms with Crippen molar-refractivity contribution in [3.8, 4) is 0 Å². The summed E-state index contributed by atoms with van der Waals surface area (Å²) < 4.78 is 0. The Morgan fingerprint density at radius 1 is 1.38 bits per heavy atom. The largest absolute Gasteiger partial charge is 0.398 e. The number of halogens is 1. The Balaban J connectivity index is 2.79. The minimum absolute atomic E-state index is 0.213. The zero-order valence-corrected chi connectivity index (χ0v) is 9.25. The molecule has 0 unspecified atom stereocenters. The van der Waals surface area contributed by atoms with Crippen molar-refractivity contribution in [1.29, 1.82) is 0 Å². The first-order chi connectivity index (χ1) is 7.54. The number of primary amides is 1. The lowest BCUT2D eigenvalue weighted by Gasteiger charge is -2.07. The number of nitrogens with two attached hydrogens (primary N) is 2. The van der Waals surface area contributed by atoms with E-state index in [2.05, 4.69) is 5.32 Å². The van der Waals surface area contributed by atoms with Crippen LogP contribution >= 0.6 is 11.6 Å². The number of carbonyl (C=O) groups is 2. The second kappa shape index (κ2) is 5.37. The number of rotatable bonds is 4. The van der Waals surface area contributed by atoms with Gasteiger partial charge in [0.2, 0.25) is 5.91 Å². The van der Waals surface area contributed by atoms with Gasteiger partial charge in [0.1, 0.15) is 0 Å². The summed E-state index contributed by atoms with van der Waals surface area (Å²) in [5.74, 6) is -0.713. The van der Waals surface area contributed by atoms with Crippen LogP contribution in [0.1, 0.15) is 15.9 Å². The normalized spacial score (nSPS) is 9.81. The van der Waals surface area contributed by atoms with Crippen molar-refractivity contribution in [1.82, 2.24) is 5.32 Å². The van der Waals surface area contributed by atoms with Gasteiger partial charge in [-0.1, -0.05) is 6.07 Å². The zero-order valence-electron chi connectivity index (χ0n) is 8.50. The van der Waals surface area contributed by atoms with E-state index >= 15 is 0 Å². The van der Waals surface area contributed by atoms with Crippen LogP contribution in [0.5, 0.6) is 0 Å². The van der Waals surface area contributed by atoms with Gasteiger partial charge in [-0.05, 0) is 17.7 Å². The summed E-state index contributed by atoms with van der Waals surface area (Å²) in [4.78, 5) is 22.0. The molecule has 1 aromatic rings. The molecule has 0 fully saturated rings. The molecular formula is C10H12ClN3O2. The van der Waals surface area contributed by atoms with Crippen LogP contribution in [0.15, 0.2) is 18.2 Å². The summed E-state index contributed by atoms with van der Waals surface area (Å²) in [5.41, 5.74) is 12.0. The molecule has 16 heavy (non-hydrogen) atoms. The van der Waals surface area contributed by atoms with Crippen LogP contribution in [0.4, 0.5) is 5.69 Å². The number of nitrogen functional groups attached to an aromatic ring is 1. The lowest BCUT2D eigenvalue weighted by molar-refractivity contribution is -0.117. The topological polar surface area (TPSA) is 98.2 Å². The highest BCUT2D eigenvalue weighted by atomic mass is 35.5. The van der Waals surface area contributed by atoms with E-state index in [1.165, 1.54) is 0 Å². The highest BCUT2D eigenvalue weighted by Crippen LogP contribution is 2.15. The first-order valence-electron chi connectivity index (χ1n) is 4.55. The number of amides is 2. The molecule has 5 N–H and O–H groups in total. The molecule has 0 aliphatic carbocycles. The van der Waals surface area contributed by atoms with E-state index < -0.39 is 11.8 Å². The highest BCUT2D eigenvalue weighted by molar-refractivity contribution is 6.17. The van der Waals surface area contributed by atoms with Gasteiger partial charge in [0, 0.05) is 11.6 Å². The molecule has 5 nitrogen and oxygen atoms in total. The average molecular weight is 242 g/mol. The van der Waals surface area contributed by atoms with Gasteiger partial charge in [-0.15, -0.1) is 11.6 Å². The molecule has 0 saturated heterocycles. The van der Waals surface area contributed by atoms with Gasteiger partial charge in [-0.25, -0.2) is 0 Å². The predicted octanol–water partition coefficient (Wildman–Crippen LogP) is 0.223. The summed E-state index contributed by atoms with van der Waals surface area (Å²) >= 11 is 5.62. The molecule has 6 heteroatoms. The van der Waals surface area contributed by atoms with E-state index in [-0.39, 0.29) is 6.54 Å². The second-order valence-corrected chi connectivity index (χ2v) is 3.47. The smallest absolute Gasteiger partial charge is 0.253 e. The van der Waals surface area contributed by atoms with Crippen molar-refractivity contribution in [3.05, 3.63) is 29.3 Å². The summed E-state index contributed by atoms with van der Waals surface area (Å²) in [6, 6.07) is 4.87. The number of anilines is 1. The molecule has 0 aliphatic heterocycles. The number of nitrogens with one attached hydrogen (secondary N) is 1. The third-order valence-corrected chi connectivity index (χ3v) is 2.25. The molecular weight excluding hydrogens is 230 g/mol. The molecule has 0 aromatic heterocycles. The maximum absolute atomic E-state index is 11.5. The van der Waals surface area contributed by atoms with E-state index in [0.717, 1.165) is 5.56 Å². The molecule has 86 valence electrons. The standard InChI is InChI=1S/C10H12ClN3O2/c11-4-6-1-2-7(8(12)3-6)10(16)14-5-9(13)15/h1-3H,4-5,12H2,(H2,13,15)(H,14,16). The number of carbonyl (C=O) groups excluding carboxylic acids is 2. The van der Waals surface area contributed by atoms with E-state index in [4.69, 9.17) is 23.1 Å². The Morgan fingerprint density at radius 3 is 2.56 bits per heavy atom. The Hall–Kier alpha value is -1.75. The Bertz CT molecular complexity index is 421. The van der Waals surface area contributed by atoms with Gasteiger partial charge >= 0.3 is 0 Å². The van der Waals surface area contributed by atoms with E-state index in [9.17, 15) is 9.59 Å².